The summed E-state index contributed by atoms with van der Waals surface area (Å²) in [5, 5.41) is 5.64. The van der Waals surface area contributed by atoms with Crippen LogP contribution in [0.5, 0.6) is 0 Å². The Balaban J connectivity index is 1.85. The van der Waals surface area contributed by atoms with E-state index in [1.807, 2.05) is 13.8 Å². The van der Waals surface area contributed by atoms with Gasteiger partial charge in [0.1, 0.15) is 0 Å². The fraction of sp³-hybridized carbons (Fsp3) is 0.364. The molecule has 30 heavy (non-hydrogen) atoms. The van der Waals surface area contributed by atoms with Crippen molar-refractivity contribution in [3.05, 3.63) is 59.2 Å². The molecule has 8 heteroatoms. The number of para-hydroxylation sites is 1. The zero-order valence-electron chi connectivity index (χ0n) is 17.4. The van der Waals surface area contributed by atoms with Crippen LogP contribution in [0.4, 0.5) is 5.69 Å². The first-order valence-corrected chi connectivity index (χ1v) is 11.5. The fourth-order valence-electron chi connectivity index (χ4n) is 2.88. The summed E-state index contributed by atoms with van der Waals surface area (Å²) in [5.41, 5.74) is 1.60. The van der Waals surface area contributed by atoms with Crippen LogP contribution in [0.2, 0.25) is 0 Å². The second-order valence-corrected chi connectivity index (χ2v) is 9.37. The predicted molar refractivity (Wildman–Crippen MR) is 116 cm³/mol. The molecule has 1 aliphatic rings. The third-order valence-electron chi connectivity index (χ3n) is 5.07. The number of nitrogens with one attached hydrogen (secondary N) is 3. The number of sulfonamides is 1. The standard InChI is InChI=1S/C22H27N3O4S/c1-4-15(3)23-21(26)18-7-5-6-8-20(18)24-22(27)19-13-17(12-9-14(19)2)30(28,29)25-16-10-11-16/h5-9,12-13,15-16,25H,4,10-11H2,1-3H3,(H,23,26)(H,24,27)/t15-/m0/s1. The Bertz CT molecular complexity index is 1060. The lowest BCUT2D eigenvalue weighted by molar-refractivity contribution is 0.0940. The van der Waals surface area contributed by atoms with Crippen LogP contribution in [-0.4, -0.2) is 32.3 Å². The molecule has 0 heterocycles. The first-order chi connectivity index (χ1) is 14.2. The van der Waals surface area contributed by atoms with Gasteiger partial charge in [0.15, 0.2) is 0 Å². The highest BCUT2D eigenvalue weighted by Crippen LogP contribution is 2.24. The van der Waals surface area contributed by atoms with Crippen LogP contribution in [0.15, 0.2) is 47.4 Å². The number of anilines is 1. The van der Waals surface area contributed by atoms with E-state index in [4.69, 9.17) is 0 Å². The van der Waals surface area contributed by atoms with Crippen LogP contribution < -0.4 is 15.4 Å². The zero-order chi connectivity index (χ0) is 21.9. The number of hydrogen-bond acceptors (Lipinski definition) is 4. The van der Waals surface area contributed by atoms with Gasteiger partial charge in [-0.25, -0.2) is 13.1 Å². The maximum Gasteiger partial charge on any atom is 0.255 e. The second-order valence-electron chi connectivity index (χ2n) is 7.65. The van der Waals surface area contributed by atoms with E-state index in [2.05, 4.69) is 15.4 Å². The summed E-state index contributed by atoms with van der Waals surface area (Å²) >= 11 is 0. The molecule has 1 fully saturated rings. The van der Waals surface area contributed by atoms with Crippen molar-refractivity contribution in [2.75, 3.05) is 5.32 Å². The van der Waals surface area contributed by atoms with Crippen LogP contribution in [0.25, 0.3) is 0 Å². The molecule has 0 aromatic heterocycles. The Hall–Kier alpha value is -2.71. The van der Waals surface area contributed by atoms with Gasteiger partial charge in [-0.05, 0) is 62.9 Å². The summed E-state index contributed by atoms with van der Waals surface area (Å²) in [6, 6.07) is 11.2. The number of hydrogen-bond donors (Lipinski definition) is 3. The number of carbonyl (C=O) groups excluding carboxylic acids is 2. The number of rotatable bonds is 8. The van der Waals surface area contributed by atoms with Gasteiger partial charge < -0.3 is 10.6 Å². The van der Waals surface area contributed by atoms with Crippen molar-refractivity contribution >= 4 is 27.5 Å². The van der Waals surface area contributed by atoms with Crippen LogP contribution >= 0.6 is 0 Å². The number of benzene rings is 2. The SMILES string of the molecule is CC[C@H](C)NC(=O)c1ccccc1NC(=O)c1cc(S(=O)(=O)NC2CC2)ccc1C. The highest BCUT2D eigenvalue weighted by Gasteiger charge is 2.28. The minimum Gasteiger partial charge on any atom is -0.350 e. The van der Waals surface area contributed by atoms with E-state index in [-0.39, 0.29) is 28.4 Å². The van der Waals surface area contributed by atoms with Crippen molar-refractivity contribution in [3.8, 4) is 0 Å². The van der Waals surface area contributed by atoms with E-state index in [0.29, 0.717) is 16.8 Å². The van der Waals surface area contributed by atoms with Crippen molar-refractivity contribution in [1.82, 2.24) is 10.0 Å². The minimum absolute atomic E-state index is 0.00403. The van der Waals surface area contributed by atoms with Crippen LogP contribution in [0, 0.1) is 6.92 Å². The van der Waals surface area contributed by atoms with Crippen LogP contribution in [0.1, 0.15) is 59.4 Å². The summed E-state index contributed by atoms with van der Waals surface area (Å²) in [5.74, 6) is -0.748. The van der Waals surface area contributed by atoms with E-state index < -0.39 is 15.9 Å². The molecule has 3 N–H and O–H groups in total. The van der Waals surface area contributed by atoms with Crippen molar-refractivity contribution in [2.24, 2.45) is 0 Å². The topological polar surface area (TPSA) is 104 Å². The van der Waals surface area contributed by atoms with E-state index in [0.717, 1.165) is 19.3 Å². The Morgan fingerprint density at radius 1 is 1.07 bits per heavy atom. The second kappa shape index (κ2) is 8.97. The fourth-order valence-corrected chi connectivity index (χ4v) is 4.22. The molecule has 0 bridgehead atoms. The van der Waals surface area contributed by atoms with Gasteiger partial charge >= 0.3 is 0 Å². The molecule has 0 saturated heterocycles. The first kappa shape index (κ1) is 22.0. The molecule has 3 rings (SSSR count). The highest BCUT2D eigenvalue weighted by atomic mass is 32.2. The van der Waals surface area contributed by atoms with Gasteiger partial charge in [-0.2, -0.15) is 0 Å². The lowest BCUT2D eigenvalue weighted by Gasteiger charge is -2.15. The summed E-state index contributed by atoms with van der Waals surface area (Å²) < 4.78 is 27.6. The van der Waals surface area contributed by atoms with Crippen molar-refractivity contribution in [3.63, 3.8) is 0 Å². The normalized spacial score (nSPS) is 14.8. The van der Waals surface area contributed by atoms with Gasteiger partial charge in [-0.3, -0.25) is 9.59 Å². The first-order valence-electron chi connectivity index (χ1n) is 10.1. The third kappa shape index (κ3) is 5.25. The summed E-state index contributed by atoms with van der Waals surface area (Å²) in [7, 11) is -3.67. The number of aryl methyl sites for hydroxylation is 1. The Labute approximate surface area is 177 Å². The molecular formula is C22H27N3O4S. The van der Waals surface area contributed by atoms with E-state index >= 15 is 0 Å². The monoisotopic (exact) mass is 429 g/mol. The molecule has 1 saturated carbocycles. The van der Waals surface area contributed by atoms with E-state index in [9.17, 15) is 18.0 Å². The predicted octanol–water partition coefficient (Wildman–Crippen LogP) is 3.22. The number of amides is 2. The molecule has 7 nitrogen and oxygen atoms in total. The molecule has 2 aromatic rings. The Morgan fingerprint density at radius 3 is 2.43 bits per heavy atom. The van der Waals surface area contributed by atoms with Gasteiger partial charge in [0.2, 0.25) is 10.0 Å². The summed E-state index contributed by atoms with van der Waals surface area (Å²) in [4.78, 5) is 25.6. The van der Waals surface area contributed by atoms with Gasteiger partial charge in [-0.1, -0.05) is 25.1 Å². The Morgan fingerprint density at radius 2 is 1.77 bits per heavy atom. The molecule has 0 spiro atoms. The minimum atomic E-state index is -3.67. The van der Waals surface area contributed by atoms with Gasteiger partial charge in [0.05, 0.1) is 16.1 Å². The quantitative estimate of drug-likeness (QED) is 0.599. The van der Waals surface area contributed by atoms with Crippen molar-refractivity contribution in [1.29, 1.82) is 0 Å². The van der Waals surface area contributed by atoms with Gasteiger partial charge in [0.25, 0.3) is 11.8 Å². The van der Waals surface area contributed by atoms with E-state index in [1.165, 1.54) is 12.1 Å². The smallest absolute Gasteiger partial charge is 0.255 e. The molecule has 0 unspecified atom stereocenters. The van der Waals surface area contributed by atoms with E-state index in [1.54, 1.807) is 37.3 Å². The zero-order valence-corrected chi connectivity index (χ0v) is 18.2. The molecule has 0 radical (unpaired) electrons. The molecule has 1 atom stereocenters. The van der Waals surface area contributed by atoms with Gasteiger partial charge in [0, 0.05) is 17.6 Å². The average molecular weight is 430 g/mol. The third-order valence-corrected chi connectivity index (χ3v) is 6.59. The van der Waals surface area contributed by atoms with Crippen LogP contribution in [0.3, 0.4) is 0 Å². The van der Waals surface area contributed by atoms with Gasteiger partial charge in [-0.15, -0.1) is 0 Å². The molecule has 2 amide bonds. The van der Waals surface area contributed by atoms with Crippen molar-refractivity contribution in [2.45, 2.75) is 57.0 Å². The average Bonchev–Trinajstić information content (AvgIpc) is 3.51. The lowest BCUT2D eigenvalue weighted by Crippen LogP contribution is -2.32. The molecule has 1 aliphatic carbocycles. The largest absolute Gasteiger partial charge is 0.350 e. The molecular weight excluding hydrogens is 402 g/mol. The molecule has 160 valence electrons. The van der Waals surface area contributed by atoms with Crippen molar-refractivity contribution < 1.29 is 18.0 Å². The Kier molecular flexibility index (Phi) is 6.58. The lowest BCUT2D eigenvalue weighted by atomic mass is 10.1. The molecule has 2 aromatic carbocycles. The maximum atomic E-state index is 12.9. The number of carbonyl (C=O) groups is 2. The maximum absolute atomic E-state index is 12.9. The summed E-state index contributed by atoms with van der Waals surface area (Å²) in [6.45, 7) is 5.62. The highest BCUT2D eigenvalue weighted by molar-refractivity contribution is 7.89. The molecule has 0 aliphatic heterocycles. The van der Waals surface area contributed by atoms with Crippen LogP contribution in [-0.2, 0) is 10.0 Å². The summed E-state index contributed by atoms with van der Waals surface area (Å²) in [6.07, 6.45) is 2.44.